The molecule has 0 spiro atoms. The summed E-state index contributed by atoms with van der Waals surface area (Å²) >= 11 is 9.82. The average Bonchev–Trinajstić information content (AvgIpc) is 2.75. The molecule has 1 N–H and O–H groups in total. The number of carbonyl (C=O) groups is 1. The lowest BCUT2D eigenvalue weighted by atomic mass is 10.2. The van der Waals surface area contributed by atoms with E-state index in [-0.39, 0.29) is 0 Å². The zero-order chi connectivity index (χ0) is 22.2. The van der Waals surface area contributed by atoms with Gasteiger partial charge in [0.2, 0.25) is 0 Å². The molecule has 0 bridgehead atoms. The molecule has 0 radical (unpaired) electrons. The molecule has 1 amide bonds. The van der Waals surface area contributed by atoms with Crippen molar-refractivity contribution in [1.29, 1.82) is 0 Å². The Morgan fingerprint density at radius 2 is 1.84 bits per heavy atom. The molecule has 160 valence electrons. The second-order valence-corrected chi connectivity index (χ2v) is 7.71. The smallest absolute Gasteiger partial charge is 0.271 e. The van der Waals surface area contributed by atoms with Gasteiger partial charge in [0.1, 0.15) is 12.4 Å². The standard InChI is InChI=1S/C23H19BrClFN2O3/c1-2-30-21-12-16(13-27-28-23(29)17-5-9-19(26)10-6-17)11-20(25)22(21)31-14-15-3-7-18(24)8-4-15/h3-13H,2,14H2,1H3,(H,28,29)/b27-13-. The molecule has 0 unspecified atom stereocenters. The second-order valence-electron chi connectivity index (χ2n) is 6.38. The number of ether oxygens (including phenoxy) is 2. The van der Waals surface area contributed by atoms with E-state index < -0.39 is 11.7 Å². The number of carbonyl (C=O) groups excluding carboxylic acids is 1. The summed E-state index contributed by atoms with van der Waals surface area (Å²) in [6.07, 6.45) is 1.44. The molecule has 3 aromatic rings. The molecule has 0 aromatic heterocycles. The van der Waals surface area contributed by atoms with Gasteiger partial charge in [-0.25, -0.2) is 9.82 Å². The number of hydrazone groups is 1. The number of hydrogen-bond donors (Lipinski definition) is 1. The van der Waals surface area contributed by atoms with Crippen LogP contribution in [0.25, 0.3) is 0 Å². The van der Waals surface area contributed by atoms with Crippen molar-refractivity contribution in [3.63, 3.8) is 0 Å². The van der Waals surface area contributed by atoms with Gasteiger partial charge >= 0.3 is 0 Å². The van der Waals surface area contributed by atoms with Crippen LogP contribution in [-0.4, -0.2) is 18.7 Å². The van der Waals surface area contributed by atoms with Crippen molar-refractivity contribution < 1.29 is 18.7 Å². The fourth-order valence-corrected chi connectivity index (χ4v) is 3.17. The summed E-state index contributed by atoms with van der Waals surface area (Å²) in [6.45, 7) is 2.61. The average molecular weight is 506 g/mol. The van der Waals surface area contributed by atoms with E-state index in [0.717, 1.165) is 10.0 Å². The molecule has 8 heteroatoms. The van der Waals surface area contributed by atoms with Gasteiger partial charge in [-0.1, -0.05) is 39.7 Å². The van der Waals surface area contributed by atoms with Gasteiger partial charge in [-0.05, 0) is 66.6 Å². The first-order valence-electron chi connectivity index (χ1n) is 9.39. The molecular formula is C23H19BrClFN2O3. The molecule has 0 aliphatic heterocycles. The van der Waals surface area contributed by atoms with Crippen molar-refractivity contribution >= 4 is 39.7 Å². The molecule has 0 heterocycles. The Labute approximate surface area is 193 Å². The molecule has 0 fully saturated rings. The van der Waals surface area contributed by atoms with Crippen molar-refractivity contribution in [3.05, 3.63) is 92.7 Å². The van der Waals surface area contributed by atoms with E-state index in [9.17, 15) is 9.18 Å². The Kier molecular flexibility index (Phi) is 8.03. The minimum atomic E-state index is -0.457. The molecule has 0 atom stereocenters. The number of amides is 1. The second kappa shape index (κ2) is 10.9. The van der Waals surface area contributed by atoms with Crippen LogP contribution in [0.2, 0.25) is 5.02 Å². The predicted octanol–water partition coefficient (Wildman–Crippen LogP) is 5.98. The number of halogens is 3. The maximum atomic E-state index is 13.0. The van der Waals surface area contributed by atoms with E-state index in [2.05, 4.69) is 26.5 Å². The highest BCUT2D eigenvalue weighted by atomic mass is 79.9. The van der Waals surface area contributed by atoms with Crippen molar-refractivity contribution in [1.82, 2.24) is 5.43 Å². The first-order chi connectivity index (χ1) is 15.0. The molecular weight excluding hydrogens is 487 g/mol. The third kappa shape index (κ3) is 6.54. The fourth-order valence-electron chi connectivity index (χ4n) is 2.63. The van der Waals surface area contributed by atoms with Crippen LogP contribution in [0, 0.1) is 5.82 Å². The highest BCUT2D eigenvalue weighted by molar-refractivity contribution is 9.10. The number of nitrogens with zero attached hydrogens (tertiary/aromatic N) is 1. The zero-order valence-corrected chi connectivity index (χ0v) is 18.9. The van der Waals surface area contributed by atoms with Gasteiger partial charge < -0.3 is 9.47 Å². The molecule has 5 nitrogen and oxygen atoms in total. The van der Waals surface area contributed by atoms with E-state index in [1.54, 1.807) is 12.1 Å². The van der Waals surface area contributed by atoms with Gasteiger partial charge in [0.15, 0.2) is 11.5 Å². The monoisotopic (exact) mass is 504 g/mol. The van der Waals surface area contributed by atoms with Crippen LogP contribution in [0.15, 0.2) is 70.2 Å². The van der Waals surface area contributed by atoms with Gasteiger partial charge in [-0.15, -0.1) is 0 Å². The molecule has 0 saturated heterocycles. The Bertz CT molecular complexity index is 1070. The third-order valence-corrected chi connectivity index (χ3v) is 4.92. The summed E-state index contributed by atoms with van der Waals surface area (Å²) in [5, 5.41) is 4.29. The first-order valence-corrected chi connectivity index (χ1v) is 10.6. The predicted molar refractivity (Wildman–Crippen MR) is 123 cm³/mol. The minimum Gasteiger partial charge on any atom is -0.490 e. The van der Waals surface area contributed by atoms with Gasteiger partial charge in [0.25, 0.3) is 5.91 Å². The van der Waals surface area contributed by atoms with Crippen LogP contribution in [-0.2, 0) is 6.61 Å². The van der Waals surface area contributed by atoms with E-state index in [0.29, 0.717) is 40.9 Å². The summed E-state index contributed by atoms with van der Waals surface area (Å²) in [6, 6.07) is 16.3. The highest BCUT2D eigenvalue weighted by Gasteiger charge is 2.13. The van der Waals surface area contributed by atoms with E-state index >= 15 is 0 Å². The largest absolute Gasteiger partial charge is 0.490 e. The van der Waals surface area contributed by atoms with E-state index in [4.69, 9.17) is 21.1 Å². The summed E-state index contributed by atoms with van der Waals surface area (Å²) in [5.74, 6) is 0.0276. The van der Waals surface area contributed by atoms with Gasteiger partial charge in [0.05, 0.1) is 17.8 Å². The molecule has 0 aliphatic carbocycles. The summed E-state index contributed by atoms with van der Waals surface area (Å²) in [7, 11) is 0. The molecule has 3 rings (SSSR count). The summed E-state index contributed by atoms with van der Waals surface area (Å²) < 4.78 is 25.5. The van der Waals surface area contributed by atoms with Crippen LogP contribution in [0.3, 0.4) is 0 Å². The van der Waals surface area contributed by atoms with Crippen LogP contribution in [0.4, 0.5) is 4.39 Å². The zero-order valence-electron chi connectivity index (χ0n) is 16.6. The summed E-state index contributed by atoms with van der Waals surface area (Å²) in [4.78, 5) is 12.1. The number of hydrogen-bond acceptors (Lipinski definition) is 4. The lowest BCUT2D eigenvalue weighted by molar-refractivity contribution is 0.0955. The van der Waals surface area contributed by atoms with Crippen LogP contribution in [0.1, 0.15) is 28.4 Å². The molecule has 0 saturated carbocycles. The Hall–Kier alpha value is -2.90. The number of rotatable bonds is 8. The van der Waals surface area contributed by atoms with Gasteiger partial charge in [-0.3, -0.25) is 4.79 Å². The van der Waals surface area contributed by atoms with Crippen LogP contribution in [0.5, 0.6) is 11.5 Å². The number of benzene rings is 3. The van der Waals surface area contributed by atoms with E-state index in [1.807, 2.05) is 31.2 Å². The van der Waals surface area contributed by atoms with Crippen molar-refractivity contribution in [2.45, 2.75) is 13.5 Å². The van der Waals surface area contributed by atoms with Crippen LogP contribution < -0.4 is 14.9 Å². The van der Waals surface area contributed by atoms with E-state index in [1.165, 1.54) is 30.5 Å². The van der Waals surface area contributed by atoms with Gasteiger partial charge in [0, 0.05) is 10.0 Å². The molecule has 3 aromatic carbocycles. The van der Waals surface area contributed by atoms with Crippen molar-refractivity contribution in [2.75, 3.05) is 6.61 Å². The normalized spacial score (nSPS) is 10.8. The Balaban J connectivity index is 1.71. The molecule has 31 heavy (non-hydrogen) atoms. The summed E-state index contributed by atoms with van der Waals surface area (Å²) in [5.41, 5.74) is 4.28. The quantitative estimate of drug-likeness (QED) is 0.302. The Morgan fingerprint density at radius 3 is 2.52 bits per heavy atom. The SMILES string of the molecule is CCOc1cc(/C=N\NC(=O)c2ccc(F)cc2)cc(Cl)c1OCc1ccc(Br)cc1. The van der Waals surface area contributed by atoms with Gasteiger partial charge in [-0.2, -0.15) is 5.10 Å². The highest BCUT2D eigenvalue weighted by Crippen LogP contribution is 2.37. The first kappa shape index (κ1) is 22.8. The lowest BCUT2D eigenvalue weighted by Gasteiger charge is -2.14. The topological polar surface area (TPSA) is 59.9 Å². The molecule has 0 aliphatic rings. The van der Waals surface area contributed by atoms with Crippen molar-refractivity contribution in [3.8, 4) is 11.5 Å². The van der Waals surface area contributed by atoms with Crippen LogP contribution >= 0.6 is 27.5 Å². The lowest BCUT2D eigenvalue weighted by Crippen LogP contribution is -2.17. The fraction of sp³-hybridized carbons (Fsp3) is 0.130. The minimum absolute atomic E-state index is 0.295. The maximum absolute atomic E-state index is 13.0. The Morgan fingerprint density at radius 1 is 1.13 bits per heavy atom. The van der Waals surface area contributed by atoms with Crippen molar-refractivity contribution in [2.24, 2.45) is 5.10 Å². The third-order valence-electron chi connectivity index (χ3n) is 4.11. The number of nitrogens with one attached hydrogen (secondary N) is 1. The maximum Gasteiger partial charge on any atom is 0.271 e.